The van der Waals surface area contributed by atoms with Gasteiger partial charge >= 0.3 is 5.97 Å². The average molecular weight is 228 g/mol. The van der Waals surface area contributed by atoms with Crippen LogP contribution in [0.1, 0.15) is 26.2 Å². The lowest BCUT2D eigenvalue weighted by molar-refractivity contribution is -0.142. The topological polar surface area (TPSA) is 83.6 Å². The van der Waals surface area contributed by atoms with Crippen LogP contribution in [0.4, 0.5) is 0 Å². The summed E-state index contributed by atoms with van der Waals surface area (Å²) in [6.45, 7) is 3.41. The zero-order chi connectivity index (χ0) is 12.1. The molecule has 5 nitrogen and oxygen atoms in total. The Morgan fingerprint density at radius 1 is 1.38 bits per heavy atom. The van der Waals surface area contributed by atoms with E-state index in [0.717, 1.165) is 12.8 Å². The van der Waals surface area contributed by atoms with Crippen molar-refractivity contribution >= 4 is 11.9 Å². The van der Waals surface area contributed by atoms with Gasteiger partial charge in [0.1, 0.15) is 0 Å². The van der Waals surface area contributed by atoms with Gasteiger partial charge in [0.05, 0.1) is 5.92 Å². The molecular formula is C11H20N2O3. The molecule has 0 spiro atoms. The molecule has 0 aromatic carbocycles. The Hall–Kier alpha value is -1.10. The molecule has 1 saturated heterocycles. The highest BCUT2D eigenvalue weighted by Crippen LogP contribution is 2.23. The third-order valence-corrected chi connectivity index (χ3v) is 3.13. The number of carbonyl (C=O) groups excluding carboxylic acids is 1. The quantitative estimate of drug-likeness (QED) is 0.663. The van der Waals surface area contributed by atoms with Crippen LogP contribution in [0.15, 0.2) is 0 Å². The number of aliphatic carboxylic acids is 1. The van der Waals surface area contributed by atoms with E-state index in [9.17, 15) is 9.59 Å². The molecule has 0 aliphatic carbocycles. The zero-order valence-corrected chi connectivity index (χ0v) is 9.69. The summed E-state index contributed by atoms with van der Waals surface area (Å²) in [7, 11) is 0. The summed E-state index contributed by atoms with van der Waals surface area (Å²) in [4.78, 5) is 24.3. The predicted molar refractivity (Wildman–Crippen MR) is 59.8 cm³/mol. The fraction of sp³-hybridized carbons (Fsp3) is 0.818. The Labute approximate surface area is 95.6 Å². The standard InChI is InChI=1S/C11H20N2O3/c1-8-6-13(7-9(8)11(15)16)10(14)4-2-3-5-12/h8-9H,2-7,12H2,1H3,(H,15,16)/t8-,9-/m1/s1. The van der Waals surface area contributed by atoms with E-state index < -0.39 is 11.9 Å². The van der Waals surface area contributed by atoms with Crippen molar-refractivity contribution in [3.05, 3.63) is 0 Å². The van der Waals surface area contributed by atoms with Crippen molar-refractivity contribution in [2.75, 3.05) is 19.6 Å². The first kappa shape index (κ1) is 13.0. The van der Waals surface area contributed by atoms with Gasteiger partial charge in [-0.25, -0.2) is 0 Å². The van der Waals surface area contributed by atoms with Crippen LogP contribution in [-0.4, -0.2) is 41.5 Å². The summed E-state index contributed by atoms with van der Waals surface area (Å²) >= 11 is 0. The first-order valence-corrected chi connectivity index (χ1v) is 5.77. The number of hydrogen-bond donors (Lipinski definition) is 2. The second-order valence-corrected chi connectivity index (χ2v) is 4.47. The molecule has 0 unspecified atom stereocenters. The van der Waals surface area contributed by atoms with Crippen molar-refractivity contribution in [2.45, 2.75) is 26.2 Å². The minimum Gasteiger partial charge on any atom is -0.481 e. The number of likely N-dealkylation sites (tertiary alicyclic amines) is 1. The molecule has 16 heavy (non-hydrogen) atoms. The summed E-state index contributed by atoms with van der Waals surface area (Å²) in [6.07, 6.45) is 2.12. The van der Waals surface area contributed by atoms with E-state index in [1.807, 2.05) is 6.92 Å². The maximum absolute atomic E-state index is 11.7. The second kappa shape index (κ2) is 5.84. The highest BCUT2D eigenvalue weighted by atomic mass is 16.4. The minimum absolute atomic E-state index is 0.0518. The molecule has 1 aliphatic heterocycles. The number of hydrogen-bond acceptors (Lipinski definition) is 3. The van der Waals surface area contributed by atoms with Crippen LogP contribution >= 0.6 is 0 Å². The van der Waals surface area contributed by atoms with Crippen LogP contribution in [0, 0.1) is 11.8 Å². The van der Waals surface area contributed by atoms with Gasteiger partial charge in [-0.3, -0.25) is 9.59 Å². The molecule has 2 atom stereocenters. The Morgan fingerprint density at radius 3 is 2.56 bits per heavy atom. The molecule has 0 aromatic rings. The van der Waals surface area contributed by atoms with Gasteiger partial charge in [-0.2, -0.15) is 0 Å². The molecule has 92 valence electrons. The first-order valence-electron chi connectivity index (χ1n) is 5.77. The second-order valence-electron chi connectivity index (χ2n) is 4.47. The van der Waals surface area contributed by atoms with Crippen LogP contribution in [0.25, 0.3) is 0 Å². The molecule has 1 rings (SSSR count). The van der Waals surface area contributed by atoms with Gasteiger partial charge in [0.2, 0.25) is 5.91 Å². The number of nitrogens with zero attached hydrogens (tertiary/aromatic N) is 1. The van der Waals surface area contributed by atoms with Gasteiger partial charge in [0.25, 0.3) is 0 Å². The maximum Gasteiger partial charge on any atom is 0.308 e. The predicted octanol–water partition coefficient (Wildman–Crippen LogP) is 0.295. The lowest BCUT2D eigenvalue weighted by atomic mass is 9.99. The number of rotatable bonds is 5. The van der Waals surface area contributed by atoms with Crippen molar-refractivity contribution in [3.8, 4) is 0 Å². The monoisotopic (exact) mass is 228 g/mol. The Morgan fingerprint density at radius 2 is 2.06 bits per heavy atom. The van der Waals surface area contributed by atoms with E-state index in [4.69, 9.17) is 10.8 Å². The number of carboxylic acid groups (broad SMARTS) is 1. The average Bonchev–Trinajstić information content (AvgIpc) is 2.60. The van der Waals surface area contributed by atoms with Gasteiger partial charge in [0, 0.05) is 19.5 Å². The summed E-state index contributed by atoms with van der Waals surface area (Å²) in [5, 5.41) is 8.94. The molecule has 0 saturated carbocycles. The molecule has 1 heterocycles. The maximum atomic E-state index is 11.7. The van der Waals surface area contributed by atoms with Crippen molar-refractivity contribution in [1.82, 2.24) is 4.90 Å². The molecule has 5 heteroatoms. The summed E-state index contributed by atoms with van der Waals surface area (Å²) in [5.74, 6) is -1.09. The van der Waals surface area contributed by atoms with Crippen LogP contribution < -0.4 is 5.73 Å². The van der Waals surface area contributed by atoms with Gasteiger partial charge in [-0.15, -0.1) is 0 Å². The normalized spacial score (nSPS) is 24.8. The number of carbonyl (C=O) groups is 2. The van der Waals surface area contributed by atoms with Crippen molar-refractivity contribution < 1.29 is 14.7 Å². The van der Waals surface area contributed by atoms with Gasteiger partial charge in [-0.05, 0) is 25.3 Å². The van der Waals surface area contributed by atoms with Crippen LogP contribution in [0.2, 0.25) is 0 Å². The van der Waals surface area contributed by atoms with E-state index in [-0.39, 0.29) is 11.8 Å². The van der Waals surface area contributed by atoms with E-state index in [0.29, 0.717) is 26.1 Å². The zero-order valence-electron chi connectivity index (χ0n) is 9.69. The van der Waals surface area contributed by atoms with Gasteiger partial charge < -0.3 is 15.7 Å². The fourth-order valence-corrected chi connectivity index (χ4v) is 2.07. The summed E-state index contributed by atoms with van der Waals surface area (Å²) < 4.78 is 0. The minimum atomic E-state index is -0.801. The Bertz CT molecular complexity index is 268. The third kappa shape index (κ3) is 3.20. The fourth-order valence-electron chi connectivity index (χ4n) is 2.07. The SMILES string of the molecule is C[C@@H]1CN(C(=O)CCCCN)C[C@H]1C(=O)O. The van der Waals surface area contributed by atoms with E-state index in [1.54, 1.807) is 4.90 Å². The third-order valence-electron chi connectivity index (χ3n) is 3.13. The number of amides is 1. The molecule has 1 aliphatic rings. The molecule has 0 aromatic heterocycles. The van der Waals surface area contributed by atoms with Crippen LogP contribution in [0.5, 0.6) is 0 Å². The molecule has 0 radical (unpaired) electrons. The molecule has 1 amide bonds. The molecule has 1 fully saturated rings. The van der Waals surface area contributed by atoms with Crippen molar-refractivity contribution in [2.24, 2.45) is 17.6 Å². The lowest BCUT2D eigenvalue weighted by Gasteiger charge is -2.15. The first-order chi connectivity index (χ1) is 7.56. The lowest BCUT2D eigenvalue weighted by Crippen LogP contribution is -2.29. The number of unbranched alkanes of at least 4 members (excludes halogenated alkanes) is 1. The van der Waals surface area contributed by atoms with Gasteiger partial charge in [0.15, 0.2) is 0 Å². The van der Waals surface area contributed by atoms with Crippen molar-refractivity contribution in [3.63, 3.8) is 0 Å². The van der Waals surface area contributed by atoms with Gasteiger partial charge in [-0.1, -0.05) is 6.92 Å². The Kier molecular flexibility index (Phi) is 4.73. The van der Waals surface area contributed by atoms with E-state index >= 15 is 0 Å². The molecular weight excluding hydrogens is 208 g/mol. The smallest absolute Gasteiger partial charge is 0.308 e. The Balaban J connectivity index is 2.39. The largest absolute Gasteiger partial charge is 0.481 e. The van der Waals surface area contributed by atoms with E-state index in [1.165, 1.54) is 0 Å². The van der Waals surface area contributed by atoms with Crippen LogP contribution in [0.3, 0.4) is 0 Å². The summed E-state index contributed by atoms with van der Waals surface area (Å²) in [5.41, 5.74) is 5.35. The molecule has 3 N–H and O–H groups in total. The van der Waals surface area contributed by atoms with Crippen LogP contribution in [-0.2, 0) is 9.59 Å². The van der Waals surface area contributed by atoms with E-state index in [2.05, 4.69) is 0 Å². The number of carboxylic acids is 1. The summed E-state index contributed by atoms with van der Waals surface area (Å²) in [6, 6.07) is 0. The van der Waals surface area contributed by atoms with Crippen molar-refractivity contribution in [1.29, 1.82) is 0 Å². The highest BCUT2D eigenvalue weighted by Gasteiger charge is 2.36. The molecule has 0 bridgehead atoms. The number of nitrogens with two attached hydrogens (primary N) is 1. The highest BCUT2D eigenvalue weighted by molar-refractivity contribution is 5.78.